The predicted molar refractivity (Wildman–Crippen MR) is 216 cm³/mol. The Bertz CT molecular complexity index is 1790. The third kappa shape index (κ3) is 8.11. The molecule has 0 radical (unpaired) electrons. The van der Waals surface area contributed by atoms with Gasteiger partial charge in [0, 0.05) is 42.3 Å². The van der Waals surface area contributed by atoms with Gasteiger partial charge in [0.15, 0.2) is 8.32 Å². The molecule has 4 aliphatic rings. The first-order chi connectivity index (χ1) is 25.4. The molecule has 2 saturated carbocycles. The molecule has 284 valence electrons. The molecule has 1 spiro atoms. The van der Waals surface area contributed by atoms with Gasteiger partial charge < -0.3 is 18.8 Å². The third-order valence-corrected chi connectivity index (χ3v) is 18.1. The molecular formula is C44H58ClN3O4Si. The number of hydrogen-bond acceptors (Lipinski definition) is 7. The van der Waals surface area contributed by atoms with E-state index in [2.05, 4.69) is 73.0 Å². The van der Waals surface area contributed by atoms with E-state index in [1.807, 2.05) is 42.7 Å². The first-order valence-electron chi connectivity index (χ1n) is 19.9. The molecule has 0 saturated heterocycles. The van der Waals surface area contributed by atoms with Crippen LogP contribution < -0.4 is 9.64 Å². The molecule has 1 aromatic heterocycles. The van der Waals surface area contributed by atoms with Crippen LogP contribution in [0.5, 0.6) is 5.75 Å². The van der Waals surface area contributed by atoms with Gasteiger partial charge in [0.05, 0.1) is 31.1 Å². The zero-order valence-electron chi connectivity index (χ0n) is 32.6. The Hall–Kier alpha value is -3.20. The summed E-state index contributed by atoms with van der Waals surface area (Å²) in [5, 5.41) is 0.900. The van der Waals surface area contributed by atoms with Crippen molar-refractivity contribution in [3.8, 4) is 5.75 Å². The molecular weight excluding hydrogens is 698 g/mol. The monoisotopic (exact) mass is 755 g/mol. The van der Waals surface area contributed by atoms with E-state index in [9.17, 15) is 4.79 Å². The van der Waals surface area contributed by atoms with Gasteiger partial charge in [-0.05, 0) is 141 Å². The minimum atomic E-state index is -2.07. The molecule has 9 heteroatoms. The Labute approximate surface area is 323 Å². The number of carbonyl (C=O) groups excluding carboxylic acids is 1. The van der Waals surface area contributed by atoms with Crippen LogP contribution in [-0.4, -0.2) is 57.2 Å². The van der Waals surface area contributed by atoms with Gasteiger partial charge in [0.1, 0.15) is 11.6 Å². The second-order valence-electron chi connectivity index (χ2n) is 17.7. The Kier molecular flexibility index (Phi) is 11.1. The molecule has 2 heterocycles. The first-order valence-corrected chi connectivity index (χ1v) is 23.2. The van der Waals surface area contributed by atoms with Crippen LogP contribution in [0.2, 0.25) is 23.2 Å². The second-order valence-corrected chi connectivity index (χ2v) is 22.9. The molecule has 7 rings (SSSR count). The summed E-state index contributed by atoms with van der Waals surface area (Å²) in [6, 6.07) is 14.1. The van der Waals surface area contributed by atoms with Gasteiger partial charge in [0.25, 0.3) is 0 Å². The zero-order valence-corrected chi connectivity index (χ0v) is 34.3. The maximum Gasteiger partial charge on any atom is 0.337 e. The minimum Gasteiger partial charge on any atom is -0.490 e. The van der Waals surface area contributed by atoms with E-state index in [0.717, 1.165) is 80.3 Å². The first kappa shape index (κ1) is 38.1. The van der Waals surface area contributed by atoms with Gasteiger partial charge in [-0.2, -0.15) is 0 Å². The second kappa shape index (κ2) is 15.5. The van der Waals surface area contributed by atoms with Crippen LogP contribution in [0.3, 0.4) is 0 Å². The molecule has 2 aromatic carbocycles. The number of fused-ring (bicyclic) bond motifs is 3. The Balaban J connectivity index is 1.16. The normalized spacial score (nSPS) is 26.1. The van der Waals surface area contributed by atoms with Crippen LogP contribution in [0.4, 0.5) is 5.69 Å². The Morgan fingerprint density at radius 2 is 1.89 bits per heavy atom. The van der Waals surface area contributed by atoms with Crippen molar-refractivity contribution in [1.29, 1.82) is 0 Å². The Morgan fingerprint density at radius 1 is 1.09 bits per heavy atom. The topological polar surface area (TPSA) is 73.8 Å². The molecule has 3 aromatic rings. The number of hydrogen-bond donors (Lipinski definition) is 0. The van der Waals surface area contributed by atoms with Crippen LogP contribution in [0.25, 0.3) is 0 Å². The molecule has 0 amide bonds. The summed E-state index contributed by atoms with van der Waals surface area (Å²) in [5.74, 6) is 3.56. The number of rotatable bonds is 11. The van der Waals surface area contributed by atoms with Crippen LogP contribution >= 0.6 is 11.6 Å². The molecule has 0 unspecified atom stereocenters. The lowest BCUT2D eigenvalue weighted by Crippen LogP contribution is -2.52. The van der Waals surface area contributed by atoms with Crippen molar-refractivity contribution in [2.75, 3.05) is 31.7 Å². The standard InChI is InChI=1S/C44H58ClN3O4Si/c1-43(2,3)53(5,6)52-39(19-13-30-10-11-31(30)15-21-41-46-23-8-24-47-41)36-17-12-34(36)27-48-28-44(22-7-9-32-25-35(45)16-18-37(32)44)29-51-40-20-14-33(26-38(40)48)42(49)50-4/h8,13-14,16,18-20,23-26,30-31,34,36,39H,7,9-12,15,17,21-22,27-29H2,1-6H3/b19-13+/t30-,31-,34-,36+,39-,44-/m0/s1. The van der Waals surface area contributed by atoms with E-state index in [1.165, 1.54) is 31.1 Å². The van der Waals surface area contributed by atoms with E-state index >= 15 is 0 Å². The number of anilines is 1. The zero-order chi connectivity index (χ0) is 37.4. The van der Waals surface area contributed by atoms with Gasteiger partial charge in [-0.25, -0.2) is 14.8 Å². The summed E-state index contributed by atoms with van der Waals surface area (Å²) in [7, 11) is -0.621. The molecule has 3 aliphatic carbocycles. The molecule has 2 fully saturated rings. The lowest BCUT2D eigenvalue weighted by Gasteiger charge is -2.48. The SMILES string of the molecule is COC(=O)c1ccc2c(c1)N(C[C@@H]1CC[C@H]1[C@H](/C=C/[C@@H]1CC[C@H]1CCc1ncccn1)O[Si](C)(C)C(C)(C)C)C[C@@]1(CCCc3cc(Cl)ccc31)CO2. The fraction of sp³-hybridized carbons (Fsp3) is 0.568. The number of ether oxygens (including phenoxy) is 2. The maximum atomic E-state index is 12.8. The molecule has 0 bridgehead atoms. The highest BCUT2D eigenvalue weighted by Gasteiger charge is 2.47. The van der Waals surface area contributed by atoms with Gasteiger partial charge in [-0.1, -0.05) is 50.6 Å². The fourth-order valence-corrected chi connectivity index (χ4v) is 10.4. The highest BCUT2D eigenvalue weighted by molar-refractivity contribution is 6.74. The van der Waals surface area contributed by atoms with E-state index in [0.29, 0.717) is 35.8 Å². The van der Waals surface area contributed by atoms with Crippen molar-refractivity contribution in [3.63, 3.8) is 0 Å². The summed E-state index contributed by atoms with van der Waals surface area (Å²) in [4.78, 5) is 24.3. The van der Waals surface area contributed by atoms with Crippen molar-refractivity contribution in [2.24, 2.45) is 23.7 Å². The molecule has 6 atom stereocenters. The fourth-order valence-electron chi connectivity index (χ4n) is 8.91. The average Bonchev–Trinajstić information content (AvgIpc) is 3.25. The van der Waals surface area contributed by atoms with Gasteiger partial charge in [-0.15, -0.1) is 0 Å². The number of allylic oxidation sites excluding steroid dienone is 1. The molecule has 0 N–H and O–H groups in total. The Morgan fingerprint density at radius 3 is 2.58 bits per heavy atom. The van der Waals surface area contributed by atoms with Crippen molar-refractivity contribution in [1.82, 2.24) is 9.97 Å². The summed E-state index contributed by atoms with van der Waals surface area (Å²) >= 11 is 6.52. The van der Waals surface area contributed by atoms with Crippen LogP contribution in [0.15, 0.2) is 67.0 Å². The quantitative estimate of drug-likeness (QED) is 0.110. The minimum absolute atomic E-state index is 0.0731. The van der Waals surface area contributed by atoms with Gasteiger partial charge >= 0.3 is 5.97 Å². The maximum absolute atomic E-state index is 12.8. The predicted octanol–water partition coefficient (Wildman–Crippen LogP) is 10.0. The smallest absolute Gasteiger partial charge is 0.337 e. The lowest BCUT2D eigenvalue weighted by molar-refractivity contribution is 0.0517. The van der Waals surface area contributed by atoms with Crippen LogP contribution in [-0.2, 0) is 27.4 Å². The third-order valence-electron chi connectivity index (χ3n) is 13.4. The number of methoxy groups -OCH3 is 1. The number of halogens is 1. The molecule has 7 nitrogen and oxygen atoms in total. The number of esters is 1. The van der Waals surface area contributed by atoms with E-state index in [1.54, 1.807) is 0 Å². The number of aryl methyl sites for hydroxylation is 2. The molecule has 53 heavy (non-hydrogen) atoms. The van der Waals surface area contributed by atoms with Crippen LogP contribution in [0, 0.1) is 23.7 Å². The van der Waals surface area contributed by atoms with Gasteiger partial charge in [-0.3, -0.25) is 0 Å². The lowest BCUT2D eigenvalue weighted by atomic mass is 9.67. The van der Waals surface area contributed by atoms with E-state index < -0.39 is 8.32 Å². The number of nitrogens with zero attached hydrogens (tertiary/aromatic N) is 3. The molecule has 1 aliphatic heterocycles. The largest absolute Gasteiger partial charge is 0.490 e. The van der Waals surface area contributed by atoms with Crippen molar-refractivity contribution in [2.45, 2.75) is 108 Å². The number of benzene rings is 2. The summed E-state index contributed by atoms with van der Waals surface area (Å²) < 4.78 is 19.2. The van der Waals surface area contributed by atoms with Crippen molar-refractivity contribution < 1.29 is 18.7 Å². The van der Waals surface area contributed by atoms with Crippen molar-refractivity contribution >= 4 is 31.6 Å². The van der Waals surface area contributed by atoms with E-state index in [4.69, 9.17) is 25.5 Å². The summed E-state index contributed by atoms with van der Waals surface area (Å²) in [6.45, 7) is 14.1. The number of carbonyl (C=O) groups is 1. The van der Waals surface area contributed by atoms with Crippen LogP contribution in [0.1, 0.15) is 93.0 Å². The van der Waals surface area contributed by atoms with Gasteiger partial charge in [0.2, 0.25) is 0 Å². The number of aromatic nitrogens is 2. The van der Waals surface area contributed by atoms with Crippen molar-refractivity contribution in [3.05, 3.63) is 94.5 Å². The highest BCUT2D eigenvalue weighted by atomic mass is 35.5. The highest BCUT2D eigenvalue weighted by Crippen LogP contribution is 2.49. The summed E-state index contributed by atoms with van der Waals surface area (Å²) in [6.07, 6.45) is 18.8. The van der Waals surface area contributed by atoms with E-state index in [-0.39, 0.29) is 22.5 Å². The summed E-state index contributed by atoms with van der Waals surface area (Å²) in [5.41, 5.74) is 4.03. The average molecular weight is 757 g/mol.